The topological polar surface area (TPSA) is 108 Å². The monoisotopic (exact) mass is 533 g/mol. The van der Waals surface area contributed by atoms with E-state index in [0.717, 1.165) is 10.5 Å². The van der Waals surface area contributed by atoms with Gasteiger partial charge in [0, 0.05) is 27.7 Å². The van der Waals surface area contributed by atoms with Crippen molar-refractivity contribution in [2.24, 2.45) is 0 Å². The SMILES string of the molecule is O=C(O)c1cccc2cccc(C(=O)Nc3ccc(SC(C(=O)Nc4ccccn4)c4ccccc4)cc3)c12. The highest BCUT2D eigenvalue weighted by Crippen LogP contribution is 2.36. The molecule has 0 aliphatic carbocycles. The van der Waals surface area contributed by atoms with Crippen molar-refractivity contribution in [1.82, 2.24) is 4.98 Å². The molecule has 1 aromatic heterocycles. The Morgan fingerprint density at radius 1 is 0.718 bits per heavy atom. The van der Waals surface area contributed by atoms with Crippen LogP contribution in [0.4, 0.5) is 11.5 Å². The molecule has 0 radical (unpaired) electrons. The van der Waals surface area contributed by atoms with Crippen molar-refractivity contribution in [3.8, 4) is 0 Å². The number of aromatic carboxylic acids is 1. The summed E-state index contributed by atoms with van der Waals surface area (Å²) in [6.45, 7) is 0. The quantitative estimate of drug-likeness (QED) is 0.193. The van der Waals surface area contributed by atoms with E-state index in [-0.39, 0.29) is 17.0 Å². The van der Waals surface area contributed by atoms with Crippen molar-refractivity contribution in [2.45, 2.75) is 10.1 Å². The number of hydrogen-bond acceptors (Lipinski definition) is 5. The van der Waals surface area contributed by atoms with Gasteiger partial charge in [0.05, 0.1) is 5.56 Å². The number of pyridine rings is 1. The van der Waals surface area contributed by atoms with Gasteiger partial charge in [0.2, 0.25) is 5.91 Å². The Morgan fingerprint density at radius 2 is 1.41 bits per heavy atom. The number of aromatic nitrogens is 1. The minimum absolute atomic E-state index is 0.0703. The summed E-state index contributed by atoms with van der Waals surface area (Å²) in [6.07, 6.45) is 1.62. The Labute approximate surface area is 228 Å². The van der Waals surface area contributed by atoms with Crippen LogP contribution in [0.15, 0.2) is 120 Å². The molecule has 192 valence electrons. The predicted octanol–water partition coefficient (Wildman–Crippen LogP) is 6.66. The van der Waals surface area contributed by atoms with Gasteiger partial charge in [0.25, 0.3) is 5.91 Å². The van der Waals surface area contributed by atoms with Crippen molar-refractivity contribution in [3.63, 3.8) is 0 Å². The van der Waals surface area contributed by atoms with Crippen molar-refractivity contribution in [1.29, 1.82) is 0 Å². The van der Waals surface area contributed by atoms with E-state index in [0.29, 0.717) is 22.3 Å². The largest absolute Gasteiger partial charge is 0.478 e. The summed E-state index contributed by atoms with van der Waals surface area (Å²) in [5.41, 5.74) is 1.74. The molecule has 4 aromatic carbocycles. The first-order valence-electron chi connectivity index (χ1n) is 12.1. The van der Waals surface area contributed by atoms with Crippen LogP contribution in [0.25, 0.3) is 10.8 Å². The van der Waals surface area contributed by atoms with Gasteiger partial charge in [0.1, 0.15) is 11.1 Å². The average molecular weight is 534 g/mol. The second kappa shape index (κ2) is 11.6. The smallest absolute Gasteiger partial charge is 0.336 e. The van der Waals surface area contributed by atoms with E-state index >= 15 is 0 Å². The number of nitrogens with one attached hydrogen (secondary N) is 2. The highest BCUT2D eigenvalue weighted by atomic mass is 32.2. The van der Waals surface area contributed by atoms with Crippen LogP contribution in [0.5, 0.6) is 0 Å². The van der Waals surface area contributed by atoms with Crippen molar-refractivity contribution >= 4 is 51.8 Å². The zero-order chi connectivity index (χ0) is 27.2. The molecule has 7 nitrogen and oxygen atoms in total. The Balaban J connectivity index is 1.35. The number of rotatable bonds is 8. The van der Waals surface area contributed by atoms with Crippen molar-refractivity contribution in [2.75, 3.05) is 10.6 Å². The molecule has 0 bridgehead atoms. The summed E-state index contributed by atoms with van der Waals surface area (Å²) in [4.78, 5) is 43.1. The maximum Gasteiger partial charge on any atom is 0.336 e. The number of anilines is 2. The van der Waals surface area contributed by atoms with Crippen LogP contribution in [0.3, 0.4) is 0 Å². The van der Waals surface area contributed by atoms with Gasteiger partial charge in [-0.25, -0.2) is 9.78 Å². The van der Waals surface area contributed by atoms with Crippen LogP contribution in [0, 0.1) is 0 Å². The zero-order valence-corrected chi connectivity index (χ0v) is 21.4. The molecule has 1 atom stereocenters. The third-order valence-corrected chi connectivity index (χ3v) is 7.27. The van der Waals surface area contributed by atoms with Crippen LogP contribution in [0.2, 0.25) is 0 Å². The molecule has 3 N–H and O–H groups in total. The molecule has 0 spiro atoms. The molecule has 2 amide bonds. The predicted molar refractivity (Wildman–Crippen MR) is 153 cm³/mol. The van der Waals surface area contributed by atoms with Crippen LogP contribution >= 0.6 is 11.8 Å². The van der Waals surface area contributed by atoms with Gasteiger partial charge in [0.15, 0.2) is 0 Å². The van der Waals surface area contributed by atoms with Gasteiger partial charge in [-0.1, -0.05) is 60.7 Å². The molecular weight excluding hydrogens is 510 g/mol. The number of thioether (sulfide) groups is 1. The highest BCUT2D eigenvalue weighted by Gasteiger charge is 2.23. The number of carboxylic acids is 1. The minimum Gasteiger partial charge on any atom is -0.478 e. The van der Waals surface area contributed by atoms with Gasteiger partial charge in [-0.3, -0.25) is 9.59 Å². The third kappa shape index (κ3) is 5.97. The number of carbonyl (C=O) groups is 3. The summed E-state index contributed by atoms with van der Waals surface area (Å²) in [7, 11) is 0. The molecule has 1 unspecified atom stereocenters. The van der Waals surface area contributed by atoms with E-state index in [4.69, 9.17) is 0 Å². The summed E-state index contributed by atoms with van der Waals surface area (Å²) >= 11 is 1.38. The molecular formula is C31H23N3O4S. The molecule has 8 heteroatoms. The normalized spacial score (nSPS) is 11.5. The first kappa shape index (κ1) is 25.7. The molecule has 0 aliphatic rings. The lowest BCUT2D eigenvalue weighted by Gasteiger charge is -2.17. The first-order chi connectivity index (χ1) is 19.0. The molecule has 1 heterocycles. The number of carbonyl (C=O) groups excluding carboxylic acids is 2. The number of carboxylic acid groups (broad SMARTS) is 1. The second-order valence-corrected chi connectivity index (χ2v) is 9.78. The van der Waals surface area contributed by atoms with E-state index in [9.17, 15) is 19.5 Å². The molecule has 39 heavy (non-hydrogen) atoms. The molecule has 5 rings (SSSR count). The lowest BCUT2D eigenvalue weighted by Crippen LogP contribution is -2.19. The number of benzene rings is 4. The lowest BCUT2D eigenvalue weighted by molar-refractivity contribution is -0.115. The Bertz CT molecular complexity index is 1640. The average Bonchev–Trinajstić information content (AvgIpc) is 2.97. The maximum atomic E-state index is 13.2. The van der Waals surface area contributed by atoms with E-state index in [1.165, 1.54) is 17.8 Å². The van der Waals surface area contributed by atoms with Gasteiger partial charge >= 0.3 is 5.97 Å². The van der Waals surface area contributed by atoms with E-state index in [1.807, 2.05) is 42.5 Å². The lowest BCUT2D eigenvalue weighted by atomic mass is 9.98. The van der Waals surface area contributed by atoms with Crippen LogP contribution in [-0.2, 0) is 4.79 Å². The Kier molecular flexibility index (Phi) is 7.65. The number of hydrogen-bond donors (Lipinski definition) is 3. The number of nitrogens with zero attached hydrogens (tertiary/aromatic N) is 1. The standard InChI is InChI=1S/C31H23N3O4S/c35-29(24-12-6-10-20-11-7-13-25(27(20)24)31(37)38)33-22-15-17-23(18-16-22)39-28(21-8-2-1-3-9-21)30(36)34-26-14-4-5-19-32-26/h1-19,28H,(H,33,35)(H,37,38)(H,32,34,36). The zero-order valence-electron chi connectivity index (χ0n) is 20.6. The Hall–Kier alpha value is -4.95. The van der Waals surface area contributed by atoms with Gasteiger partial charge in [-0.15, -0.1) is 11.8 Å². The molecule has 5 aromatic rings. The molecule has 0 fully saturated rings. The highest BCUT2D eigenvalue weighted by molar-refractivity contribution is 8.00. The van der Waals surface area contributed by atoms with Crippen molar-refractivity contribution in [3.05, 3.63) is 132 Å². The first-order valence-corrected chi connectivity index (χ1v) is 13.0. The van der Waals surface area contributed by atoms with Gasteiger partial charge in [-0.05, 0) is 59.5 Å². The summed E-state index contributed by atoms with van der Waals surface area (Å²) in [6, 6.07) is 32.0. The fourth-order valence-corrected chi connectivity index (χ4v) is 5.21. The second-order valence-electron chi connectivity index (χ2n) is 8.61. The number of fused-ring (bicyclic) bond motifs is 1. The molecule has 0 saturated carbocycles. The van der Waals surface area contributed by atoms with Crippen LogP contribution in [-0.4, -0.2) is 27.9 Å². The van der Waals surface area contributed by atoms with E-state index < -0.39 is 17.1 Å². The van der Waals surface area contributed by atoms with E-state index in [1.54, 1.807) is 66.9 Å². The molecule has 0 aliphatic heterocycles. The fourth-order valence-electron chi connectivity index (χ4n) is 4.19. The minimum atomic E-state index is -1.10. The Morgan fingerprint density at radius 3 is 2.08 bits per heavy atom. The summed E-state index contributed by atoms with van der Waals surface area (Å²) in [5.74, 6) is -1.23. The van der Waals surface area contributed by atoms with Gasteiger partial charge in [-0.2, -0.15) is 0 Å². The molecule has 0 saturated heterocycles. The third-order valence-electron chi connectivity index (χ3n) is 6.00. The fraction of sp³-hybridized carbons (Fsp3) is 0.0323. The van der Waals surface area contributed by atoms with Crippen LogP contribution < -0.4 is 10.6 Å². The maximum absolute atomic E-state index is 13.2. The number of amides is 2. The summed E-state index contributed by atoms with van der Waals surface area (Å²) < 4.78 is 0. The van der Waals surface area contributed by atoms with E-state index in [2.05, 4.69) is 15.6 Å². The summed E-state index contributed by atoms with van der Waals surface area (Å²) in [5, 5.41) is 15.9. The van der Waals surface area contributed by atoms with Gasteiger partial charge < -0.3 is 15.7 Å². The van der Waals surface area contributed by atoms with Crippen molar-refractivity contribution < 1.29 is 19.5 Å². The van der Waals surface area contributed by atoms with Crippen LogP contribution in [0.1, 0.15) is 31.5 Å².